The summed E-state index contributed by atoms with van der Waals surface area (Å²) in [6, 6.07) is 16.0. The molecular formula is C18H16N4O4. The highest BCUT2D eigenvalue weighted by Gasteiger charge is 2.16. The summed E-state index contributed by atoms with van der Waals surface area (Å²) in [6.07, 6.45) is 0. The minimum atomic E-state index is -0.602. The molecule has 0 atom stereocenters. The Morgan fingerprint density at radius 1 is 1.08 bits per heavy atom. The molecule has 0 unspecified atom stereocenters. The molecule has 1 aromatic heterocycles. The quantitative estimate of drug-likeness (QED) is 0.667. The van der Waals surface area contributed by atoms with E-state index in [-0.39, 0.29) is 23.9 Å². The molecule has 0 radical (unpaired) electrons. The fourth-order valence-corrected chi connectivity index (χ4v) is 2.20. The van der Waals surface area contributed by atoms with Gasteiger partial charge < -0.3 is 20.3 Å². The lowest BCUT2D eigenvalue weighted by Gasteiger charge is -2.06. The first-order valence-corrected chi connectivity index (χ1v) is 7.80. The summed E-state index contributed by atoms with van der Waals surface area (Å²) >= 11 is 0. The van der Waals surface area contributed by atoms with Gasteiger partial charge in [0.15, 0.2) is 6.61 Å². The van der Waals surface area contributed by atoms with Crippen LogP contribution in [0.25, 0.3) is 0 Å². The van der Waals surface area contributed by atoms with Gasteiger partial charge in [0.1, 0.15) is 5.75 Å². The van der Waals surface area contributed by atoms with Crippen LogP contribution in [0.5, 0.6) is 5.75 Å². The largest absolute Gasteiger partial charge is 0.485 e. The highest BCUT2D eigenvalue weighted by molar-refractivity contribution is 5.95. The van der Waals surface area contributed by atoms with Gasteiger partial charge in [-0.05, 0) is 17.7 Å². The molecule has 0 saturated heterocycles. The summed E-state index contributed by atoms with van der Waals surface area (Å²) in [5, 5.41) is 6.38. The number of nitrogens with two attached hydrogens (primary N) is 1. The SMILES string of the molecule is NC(=O)c1ccccc1OCc1noc(C(=O)NCc2ccccc2)n1. The van der Waals surface area contributed by atoms with E-state index >= 15 is 0 Å². The molecule has 0 aliphatic rings. The van der Waals surface area contributed by atoms with Gasteiger partial charge in [-0.1, -0.05) is 47.6 Å². The summed E-state index contributed by atoms with van der Waals surface area (Å²) < 4.78 is 10.4. The maximum absolute atomic E-state index is 12.0. The van der Waals surface area contributed by atoms with Crippen LogP contribution in [0.15, 0.2) is 59.1 Å². The molecular weight excluding hydrogens is 336 g/mol. The molecule has 2 amide bonds. The molecule has 8 nitrogen and oxygen atoms in total. The number of hydrogen-bond acceptors (Lipinski definition) is 6. The molecule has 3 aromatic rings. The average molecular weight is 352 g/mol. The predicted octanol–water partition coefficient (Wildman–Crippen LogP) is 1.68. The third-order valence-electron chi connectivity index (χ3n) is 3.47. The van der Waals surface area contributed by atoms with Crippen molar-refractivity contribution in [3.05, 3.63) is 77.4 Å². The van der Waals surface area contributed by atoms with E-state index in [4.69, 9.17) is 15.0 Å². The number of aromatic nitrogens is 2. The van der Waals surface area contributed by atoms with E-state index < -0.39 is 11.8 Å². The van der Waals surface area contributed by atoms with E-state index in [2.05, 4.69) is 15.5 Å². The minimum absolute atomic E-state index is 0.0697. The third kappa shape index (κ3) is 4.23. The lowest BCUT2D eigenvalue weighted by Crippen LogP contribution is -2.23. The maximum Gasteiger partial charge on any atom is 0.316 e. The molecule has 3 N–H and O–H groups in total. The molecule has 0 spiro atoms. The number of nitrogens with zero attached hydrogens (tertiary/aromatic N) is 2. The molecule has 0 aliphatic heterocycles. The van der Waals surface area contributed by atoms with Crippen LogP contribution in [0, 0.1) is 0 Å². The molecule has 2 aromatic carbocycles. The van der Waals surface area contributed by atoms with Gasteiger partial charge in [0.2, 0.25) is 5.82 Å². The lowest BCUT2D eigenvalue weighted by atomic mass is 10.2. The second-order valence-electron chi connectivity index (χ2n) is 5.33. The number of nitrogens with one attached hydrogen (secondary N) is 1. The zero-order valence-corrected chi connectivity index (χ0v) is 13.7. The highest BCUT2D eigenvalue weighted by atomic mass is 16.5. The lowest BCUT2D eigenvalue weighted by molar-refractivity contribution is 0.0906. The van der Waals surface area contributed by atoms with Crippen molar-refractivity contribution in [2.45, 2.75) is 13.2 Å². The zero-order chi connectivity index (χ0) is 18.4. The Kier molecular flexibility index (Phi) is 5.23. The topological polar surface area (TPSA) is 120 Å². The normalized spacial score (nSPS) is 10.3. The van der Waals surface area contributed by atoms with E-state index in [1.165, 1.54) is 0 Å². The van der Waals surface area contributed by atoms with Crippen LogP contribution in [0.4, 0.5) is 0 Å². The third-order valence-corrected chi connectivity index (χ3v) is 3.47. The second-order valence-corrected chi connectivity index (χ2v) is 5.33. The Labute approximate surface area is 149 Å². The second kappa shape index (κ2) is 7.93. The molecule has 26 heavy (non-hydrogen) atoms. The van der Waals surface area contributed by atoms with Gasteiger partial charge >= 0.3 is 11.8 Å². The first-order chi connectivity index (χ1) is 12.6. The van der Waals surface area contributed by atoms with Gasteiger partial charge in [-0.15, -0.1) is 0 Å². The van der Waals surface area contributed by atoms with Crippen LogP contribution in [-0.2, 0) is 13.2 Å². The summed E-state index contributed by atoms with van der Waals surface area (Å²) in [4.78, 5) is 27.4. The van der Waals surface area contributed by atoms with Crippen LogP contribution >= 0.6 is 0 Å². The van der Waals surface area contributed by atoms with Crippen LogP contribution in [0.2, 0.25) is 0 Å². The smallest absolute Gasteiger partial charge is 0.316 e. The molecule has 3 rings (SSSR count). The summed E-state index contributed by atoms with van der Waals surface area (Å²) in [5.74, 6) is -0.767. The fraction of sp³-hybridized carbons (Fsp3) is 0.111. The van der Waals surface area contributed by atoms with E-state index in [1.54, 1.807) is 24.3 Å². The first-order valence-electron chi connectivity index (χ1n) is 7.80. The number of rotatable bonds is 7. The number of para-hydroxylation sites is 1. The van der Waals surface area contributed by atoms with Crippen molar-refractivity contribution in [2.75, 3.05) is 0 Å². The van der Waals surface area contributed by atoms with Gasteiger partial charge in [0.05, 0.1) is 5.56 Å². The number of carbonyl (C=O) groups excluding carboxylic acids is 2. The Morgan fingerprint density at radius 3 is 2.58 bits per heavy atom. The van der Waals surface area contributed by atoms with Gasteiger partial charge in [-0.25, -0.2) is 0 Å². The number of carbonyl (C=O) groups is 2. The van der Waals surface area contributed by atoms with Gasteiger partial charge in [-0.3, -0.25) is 9.59 Å². The van der Waals surface area contributed by atoms with Gasteiger partial charge in [-0.2, -0.15) is 4.98 Å². The van der Waals surface area contributed by atoms with E-state index in [0.29, 0.717) is 12.3 Å². The number of benzene rings is 2. The van der Waals surface area contributed by atoms with Crippen LogP contribution in [0.1, 0.15) is 32.4 Å². The summed E-state index contributed by atoms with van der Waals surface area (Å²) in [5.41, 5.74) is 6.49. The number of amides is 2. The van der Waals surface area contributed by atoms with E-state index in [1.807, 2.05) is 30.3 Å². The zero-order valence-electron chi connectivity index (χ0n) is 13.7. The van der Waals surface area contributed by atoms with Crippen molar-refractivity contribution >= 4 is 11.8 Å². The van der Waals surface area contributed by atoms with Crippen molar-refractivity contribution in [2.24, 2.45) is 5.73 Å². The molecule has 0 fully saturated rings. The Morgan fingerprint density at radius 2 is 1.81 bits per heavy atom. The van der Waals surface area contributed by atoms with Crippen LogP contribution in [-0.4, -0.2) is 22.0 Å². The number of ether oxygens (including phenoxy) is 1. The molecule has 1 heterocycles. The van der Waals surface area contributed by atoms with Crippen molar-refractivity contribution < 1.29 is 18.8 Å². The molecule has 8 heteroatoms. The minimum Gasteiger partial charge on any atom is -0.485 e. The molecule has 0 aliphatic carbocycles. The van der Waals surface area contributed by atoms with Crippen LogP contribution in [0.3, 0.4) is 0 Å². The Bertz CT molecular complexity index is 908. The van der Waals surface area contributed by atoms with Crippen molar-refractivity contribution in [1.82, 2.24) is 15.5 Å². The molecule has 0 bridgehead atoms. The fourth-order valence-electron chi connectivity index (χ4n) is 2.20. The summed E-state index contributed by atoms with van der Waals surface area (Å²) in [6.45, 7) is 0.277. The predicted molar refractivity (Wildman–Crippen MR) is 91.2 cm³/mol. The number of primary amides is 1. The van der Waals surface area contributed by atoms with Crippen LogP contribution < -0.4 is 15.8 Å². The maximum atomic E-state index is 12.0. The Hall–Kier alpha value is -3.68. The van der Waals surface area contributed by atoms with E-state index in [9.17, 15) is 9.59 Å². The summed E-state index contributed by atoms with van der Waals surface area (Å²) in [7, 11) is 0. The van der Waals surface area contributed by atoms with Crippen molar-refractivity contribution in [1.29, 1.82) is 0 Å². The average Bonchev–Trinajstić information content (AvgIpc) is 3.14. The van der Waals surface area contributed by atoms with E-state index in [0.717, 1.165) is 5.56 Å². The van der Waals surface area contributed by atoms with Gasteiger partial charge in [0, 0.05) is 6.54 Å². The molecule has 0 saturated carbocycles. The molecule has 132 valence electrons. The van der Waals surface area contributed by atoms with Crippen molar-refractivity contribution in [3.8, 4) is 5.75 Å². The van der Waals surface area contributed by atoms with Gasteiger partial charge in [0.25, 0.3) is 5.91 Å². The van der Waals surface area contributed by atoms with Crippen molar-refractivity contribution in [3.63, 3.8) is 0 Å². The standard InChI is InChI=1S/C18H16N4O4/c19-16(23)13-8-4-5-9-14(13)25-11-15-21-18(26-22-15)17(24)20-10-12-6-2-1-3-7-12/h1-9H,10-11H2,(H2,19,23)(H,20,24). The first kappa shape index (κ1) is 17.2. The Balaban J connectivity index is 1.58. The highest BCUT2D eigenvalue weighted by Crippen LogP contribution is 2.18. The number of hydrogen-bond donors (Lipinski definition) is 2. The monoisotopic (exact) mass is 352 g/mol.